The maximum atomic E-state index is 12.9. The van der Waals surface area contributed by atoms with Crippen LogP contribution in [0.4, 0.5) is 0 Å². The molecule has 108 valence electrons. The van der Waals surface area contributed by atoms with E-state index in [0.717, 1.165) is 13.4 Å². The fourth-order valence-corrected chi connectivity index (χ4v) is 4.90. The molecule has 0 unspecified atom stereocenters. The first-order valence-electron chi connectivity index (χ1n) is 6.04. The average Bonchev–Trinajstić information content (AvgIpc) is 2.77. The zero-order valence-electron chi connectivity index (χ0n) is 10.9. The number of halogens is 2. The number of nitrogens with zero attached hydrogens (tertiary/aromatic N) is 2. The van der Waals surface area contributed by atoms with E-state index in [-0.39, 0.29) is 0 Å². The van der Waals surface area contributed by atoms with Gasteiger partial charge >= 0.3 is 0 Å². The van der Waals surface area contributed by atoms with Gasteiger partial charge in [0.15, 0.2) is 5.65 Å². The van der Waals surface area contributed by atoms with E-state index in [1.165, 1.54) is 3.97 Å². The predicted octanol–water partition coefficient (Wildman–Crippen LogP) is 3.95. The number of aromatic nitrogens is 2. The van der Waals surface area contributed by atoms with Gasteiger partial charge in [-0.1, -0.05) is 18.2 Å². The molecule has 0 fully saturated rings. The standard InChI is InChI=1S/C14H10BrIN2O2S/c1-9-4-2-3-5-13(9)21(19,20)18-8-12(16)11-6-10(15)7-17-14(11)18/h2-8H,1H3. The minimum absolute atomic E-state index is 0.294. The van der Waals surface area contributed by atoms with Gasteiger partial charge in [0.1, 0.15) is 0 Å². The Morgan fingerprint density at radius 1 is 1.29 bits per heavy atom. The molecule has 0 saturated heterocycles. The molecule has 3 aromatic rings. The van der Waals surface area contributed by atoms with Crippen molar-refractivity contribution in [3.05, 3.63) is 56.3 Å². The van der Waals surface area contributed by atoms with E-state index in [9.17, 15) is 8.42 Å². The highest BCUT2D eigenvalue weighted by atomic mass is 127. The van der Waals surface area contributed by atoms with Crippen molar-refractivity contribution in [3.63, 3.8) is 0 Å². The van der Waals surface area contributed by atoms with Crippen molar-refractivity contribution < 1.29 is 8.42 Å². The quantitative estimate of drug-likeness (QED) is 0.526. The largest absolute Gasteiger partial charge is 0.269 e. The summed E-state index contributed by atoms with van der Waals surface area (Å²) < 4.78 is 28.7. The second kappa shape index (κ2) is 5.36. The van der Waals surface area contributed by atoms with Gasteiger partial charge in [0.2, 0.25) is 0 Å². The molecule has 0 bridgehead atoms. The number of hydrogen-bond acceptors (Lipinski definition) is 3. The van der Waals surface area contributed by atoms with E-state index in [4.69, 9.17) is 0 Å². The Kier molecular flexibility index (Phi) is 3.83. The molecule has 2 heterocycles. The first-order valence-corrected chi connectivity index (χ1v) is 9.36. The van der Waals surface area contributed by atoms with Crippen LogP contribution in [0.5, 0.6) is 0 Å². The lowest BCUT2D eigenvalue weighted by molar-refractivity contribution is 0.588. The molecule has 21 heavy (non-hydrogen) atoms. The first-order chi connectivity index (χ1) is 9.91. The van der Waals surface area contributed by atoms with E-state index in [1.807, 2.05) is 12.1 Å². The molecule has 0 radical (unpaired) electrons. The number of pyridine rings is 1. The number of hydrogen-bond donors (Lipinski definition) is 0. The van der Waals surface area contributed by atoms with Gasteiger partial charge in [0, 0.05) is 25.8 Å². The van der Waals surface area contributed by atoms with Gasteiger partial charge in [0.05, 0.1) is 4.90 Å². The molecule has 0 saturated carbocycles. The molecule has 0 aliphatic carbocycles. The summed E-state index contributed by atoms with van der Waals surface area (Å²) in [6.07, 6.45) is 3.20. The van der Waals surface area contributed by atoms with Crippen molar-refractivity contribution in [2.24, 2.45) is 0 Å². The number of rotatable bonds is 2. The van der Waals surface area contributed by atoms with Crippen molar-refractivity contribution in [1.29, 1.82) is 0 Å². The normalized spacial score (nSPS) is 12.0. The van der Waals surface area contributed by atoms with Crippen molar-refractivity contribution in [3.8, 4) is 0 Å². The highest BCUT2D eigenvalue weighted by molar-refractivity contribution is 14.1. The summed E-state index contributed by atoms with van der Waals surface area (Å²) in [5.41, 5.74) is 1.15. The molecule has 0 N–H and O–H groups in total. The van der Waals surface area contributed by atoms with Crippen LogP contribution in [0.1, 0.15) is 5.56 Å². The molecule has 4 nitrogen and oxygen atoms in total. The lowest BCUT2D eigenvalue weighted by atomic mass is 10.2. The first kappa shape index (κ1) is 15.0. The summed E-state index contributed by atoms with van der Waals surface area (Å²) in [6.45, 7) is 1.79. The molecule has 2 aromatic heterocycles. The maximum Gasteiger partial charge on any atom is 0.269 e. The topological polar surface area (TPSA) is 52.0 Å². The molecule has 0 aliphatic rings. The van der Waals surface area contributed by atoms with Crippen LogP contribution >= 0.6 is 38.5 Å². The Hall–Kier alpha value is -0.930. The fourth-order valence-electron chi connectivity index (χ4n) is 2.15. The van der Waals surface area contributed by atoms with Crippen LogP contribution in [0, 0.1) is 10.5 Å². The van der Waals surface area contributed by atoms with Crippen molar-refractivity contribution in [1.82, 2.24) is 8.96 Å². The zero-order valence-corrected chi connectivity index (χ0v) is 15.5. The third-order valence-corrected chi connectivity index (χ3v) is 6.26. The van der Waals surface area contributed by atoms with E-state index < -0.39 is 10.0 Å². The van der Waals surface area contributed by atoms with Gasteiger partial charge in [0.25, 0.3) is 10.0 Å². The van der Waals surface area contributed by atoms with E-state index >= 15 is 0 Å². The van der Waals surface area contributed by atoms with E-state index in [1.54, 1.807) is 37.5 Å². The Balaban J connectivity index is 2.33. The zero-order chi connectivity index (χ0) is 15.2. The van der Waals surface area contributed by atoms with Gasteiger partial charge in [-0.05, 0) is 63.1 Å². The molecule has 0 aliphatic heterocycles. The smallest absolute Gasteiger partial charge is 0.236 e. The number of benzene rings is 1. The summed E-state index contributed by atoms with van der Waals surface area (Å²) in [7, 11) is -3.65. The van der Waals surface area contributed by atoms with Crippen LogP contribution in [-0.2, 0) is 10.0 Å². The monoisotopic (exact) mass is 476 g/mol. The predicted molar refractivity (Wildman–Crippen MR) is 93.9 cm³/mol. The number of aryl methyl sites for hydroxylation is 1. The Morgan fingerprint density at radius 2 is 2.00 bits per heavy atom. The SMILES string of the molecule is Cc1ccccc1S(=O)(=O)n1cc(I)c2cc(Br)cnc21. The third-order valence-electron chi connectivity index (χ3n) is 3.16. The van der Waals surface area contributed by atoms with Crippen LogP contribution < -0.4 is 0 Å². The minimum Gasteiger partial charge on any atom is -0.236 e. The van der Waals surface area contributed by atoms with Gasteiger partial charge < -0.3 is 0 Å². The van der Waals surface area contributed by atoms with Crippen LogP contribution in [0.15, 0.2) is 52.1 Å². The van der Waals surface area contributed by atoms with Crippen molar-refractivity contribution in [2.45, 2.75) is 11.8 Å². The third kappa shape index (κ3) is 2.51. The molecule has 0 amide bonds. The molecule has 0 atom stereocenters. The highest BCUT2D eigenvalue weighted by Crippen LogP contribution is 2.28. The van der Waals surface area contributed by atoms with Gasteiger partial charge in [-0.25, -0.2) is 17.4 Å². The average molecular weight is 477 g/mol. The Labute approximate surface area is 144 Å². The molecular weight excluding hydrogens is 467 g/mol. The Bertz CT molecular complexity index is 951. The summed E-state index contributed by atoms with van der Waals surface area (Å²) in [5.74, 6) is 0. The summed E-state index contributed by atoms with van der Waals surface area (Å²) in [5, 5.41) is 0.808. The van der Waals surface area contributed by atoms with Crippen molar-refractivity contribution >= 4 is 59.6 Å². The molecular formula is C14H10BrIN2O2S. The molecule has 7 heteroatoms. The van der Waals surface area contributed by atoms with Crippen LogP contribution in [0.3, 0.4) is 0 Å². The van der Waals surface area contributed by atoms with Crippen molar-refractivity contribution in [2.75, 3.05) is 0 Å². The maximum absolute atomic E-state index is 12.9. The number of fused-ring (bicyclic) bond motifs is 1. The summed E-state index contributed by atoms with van der Waals surface area (Å²) >= 11 is 5.48. The summed E-state index contributed by atoms with van der Waals surface area (Å²) in [6, 6.07) is 8.81. The second-order valence-electron chi connectivity index (χ2n) is 4.57. The van der Waals surface area contributed by atoms with Crippen LogP contribution in [0.2, 0.25) is 0 Å². The molecule has 0 spiro atoms. The highest BCUT2D eigenvalue weighted by Gasteiger charge is 2.23. The minimum atomic E-state index is -3.65. The fraction of sp³-hybridized carbons (Fsp3) is 0.0714. The Morgan fingerprint density at radius 3 is 2.71 bits per heavy atom. The molecule has 1 aromatic carbocycles. The summed E-state index contributed by atoms with van der Waals surface area (Å²) in [4.78, 5) is 4.55. The van der Waals surface area contributed by atoms with Gasteiger partial charge in [-0.3, -0.25) is 0 Å². The van der Waals surface area contributed by atoms with Crippen LogP contribution in [-0.4, -0.2) is 17.4 Å². The lowest BCUT2D eigenvalue weighted by Gasteiger charge is -2.09. The van der Waals surface area contributed by atoms with E-state index in [0.29, 0.717) is 16.1 Å². The van der Waals surface area contributed by atoms with Crippen LogP contribution in [0.25, 0.3) is 11.0 Å². The lowest BCUT2D eigenvalue weighted by Crippen LogP contribution is -2.13. The van der Waals surface area contributed by atoms with Gasteiger partial charge in [-0.2, -0.15) is 0 Å². The van der Waals surface area contributed by atoms with Gasteiger partial charge in [-0.15, -0.1) is 0 Å². The van der Waals surface area contributed by atoms with E-state index in [2.05, 4.69) is 43.5 Å². The second-order valence-corrected chi connectivity index (χ2v) is 8.43. The molecule has 3 rings (SSSR count).